The van der Waals surface area contributed by atoms with Crippen LogP contribution in [0.4, 0.5) is 0 Å². The SMILES string of the molecule is CN[C@@H](CN1CCCCC1)c1ccccc1. The van der Waals surface area contributed by atoms with Gasteiger partial charge >= 0.3 is 0 Å². The van der Waals surface area contributed by atoms with Crippen molar-refractivity contribution >= 4 is 0 Å². The van der Waals surface area contributed by atoms with Gasteiger partial charge in [0.1, 0.15) is 0 Å². The van der Waals surface area contributed by atoms with Crippen molar-refractivity contribution < 1.29 is 0 Å². The van der Waals surface area contributed by atoms with Gasteiger partial charge in [-0.3, -0.25) is 0 Å². The standard InChI is InChI=1S/C14H22N2/c1-15-14(13-8-4-2-5-9-13)12-16-10-6-3-7-11-16/h2,4-5,8-9,14-15H,3,6-7,10-12H2,1H3/t14-/m0/s1. The first-order valence-electron chi connectivity index (χ1n) is 6.34. The van der Waals surface area contributed by atoms with Crippen LogP contribution in [0.1, 0.15) is 30.9 Å². The molecule has 0 unspecified atom stereocenters. The lowest BCUT2D eigenvalue weighted by atomic mass is 10.0. The van der Waals surface area contributed by atoms with Gasteiger partial charge in [-0.2, -0.15) is 0 Å². The average molecular weight is 218 g/mol. The molecule has 1 N–H and O–H groups in total. The molecule has 0 saturated carbocycles. The number of likely N-dealkylation sites (tertiary alicyclic amines) is 1. The van der Waals surface area contributed by atoms with Crippen LogP contribution in [-0.4, -0.2) is 31.6 Å². The molecular weight excluding hydrogens is 196 g/mol. The summed E-state index contributed by atoms with van der Waals surface area (Å²) in [6.45, 7) is 3.68. The van der Waals surface area contributed by atoms with E-state index in [4.69, 9.17) is 0 Å². The molecule has 2 heteroatoms. The lowest BCUT2D eigenvalue weighted by Gasteiger charge is -2.30. The molecule has 0 aromatic heterocycles. The van der Waals surface area contributed by atoms with Gasteiger partial charge in [-0.05, 0) is 38.5 Å². The van der Waals surface area contributed by atoms with Crippen LogP contribution in [0.2, 0.25) is 0 Å². The Kier molecular flexibility index (Phi) is 4.37. The van der Waals surface area contributed by atoms with Gasteiger partial charge in [0.2, 0.25) is 0 Å². The highest BCUT2D eigenvalue weighted by molar-refractivity contribution is 5.19. The number of hydrogen-bond acceptors (Lipinski definition) is 2. The maximum Gasteiger partial charge on any atom is 0.0446 e. The summed E-state index contributed by atoms with van der Waals surface area (Å²) in [5.74, 6) is 0. The van der Waals surface area contributed by atoms with Gasteiger partial charge in [0.25, 0.3) is 0 Å². The molecule has 2 nitrogen and oxygen atoms in total. The second-order valence-electron chi connectivity index (χ2n) is 4.61. The Labute approximate surface area is 98.7 Å². The fourth-order valence-electron chi connectivity index (χ4n) is 2.45. The molecule has 1 atom stereocenters. The van der Waals surface area contributed by atoms with E-state index >= 15 is 0 Å². The third-order valence-corrected chi connectivity index (χ3v) is 3.44. The zero-order valence-corrected chi connectivity index (χ0v) is 10.2. The number of likely N-dealkylation sites (N-methyl/N-ethyl adjacent to an activating group) is 1. The van der Waals surface area contributed by atoms with E-state index in [1.54, 1.807) is 0 Å². The minimum atomic E-state index is 0.472. The zero-order valence-electron chi connectivity index (χ0n) is 10.2. The molecule has 1 aromatic rings. The molecule has 1 fully saturated rings. The van der Waals surface area contributed by atoms with E-state index < -0.39 is 0 Å². The van der Waals surface area contributed by atoms with Gasteiger partial charge in [0.15, 0.2) is 0 Å². The van der Waals surface area contributed by atoms with E-state index in [0.29, 0.717) is 6.04 Å². The molecule has 1 aliphatic rings. The predicted molar refractivity (Wildman–Crippen MR) is 68.5 cm³/mol. The second-order valence-corrected chi connectivity index (χ2v) is 4.61. The van der Waals surface area contributed by atoms with Gasteiger partial charge in [-0.15, -0.1) is 0 Å². The van der Waals surface area contributed by atoms with Crippen molar-refractivity contribution in [2.24, 2.45) is 0 Å². The third kappa shape index (κ3) is 3.06. The van der Waals surface area contributed by atoms with E-state index in [1.165, 1.54) is 37.9 Å². The monoisotopic (exact) mass is 218 g/mol. The highest BCUT2D eigenvalue weighted by Gasteiger charge is 2.16. The topological polar surface area (TPSA) is 15.3 Å². The smallest absolute Gasteiger partial charge is 0.0446 e. The van der Waals surface area contributed by atoms with Crippen molar-refractivity contribution in [1.29, 1.82) is 0 Å². The molecule has 2 rings (SSSR count). The molecule has 1 aromatic carbocycles. The lowest BCUT2D eigenvalue weighted by Crippen LogP contribution is -2.37. The molecule has 1 heterocycles. The first-order chi connectivity index (χ1) is 7.90. The Morgan fingerprint density at radius 3 is 2.44 bits per heavy atom. The van der Waals surface area contributed by atoms with Crippen LogP contribution in [-0.2, 0) is 0 Å². The number of benzene rings is 1. The van der Waals surface area contributed by atoms with Crippen molar-refractivity contribution in [1.82, 2.24) is 10.2 Å². The molecule has 0 aliphatic carbocycles. The summed E-state index contributed by atoms with van der Waals surface area (Å²) < 4.78 is 0. The zero-order chi connectivity index (χ0) is 11.2. The van der Waals surface area contributed by atoms with Crippen LogP contribution in [0.5, 0.6) is 0 Å². The Bertz CT molecular complexity index is 291. The summed E-state index contributed by atoms with van der Waals surface area (Å²) >= 11 is 0. The average Bonchev–Trinajstić information content (AvgIpc) is 2.38. The maximum atomic E-state index is 3.42. The molecule has 0 radical (unpaired) electrons. The van der Waals surface area contributed by atoms with Gasteiger partial charge in [0, 0.05) is 12.6 Å². The maximum absolute atomic E-state index is 3.42. The summed E-state index contributed by atoms with van der Waals surface area (Å²) in [6, 6.07) is 11.2. The lowest BCUT2D eigenvalue weighted by molar-refractivity contribution is 0.208. The van der Waals surface area contributed by atoms with E-state index in [9.17, 15) is 0 Å². The fraction of sp³-hybridized carbons (Fsp3) is 0.571. The van der Waals surface area contributed by atoms with Crippen LogP contribution in [0.15, 0.2) is 30.3 Å². The van der Waals surface area contributed by atoms with Crippen molar-refractivity contribution in [2.75, 3.05) is 26.7 Å². The number of piperidine rings is 1. The minimum absolute atomic E-state index is 0.472. The van der Waals surface area contributed by atoms with Gasteiger partial charge in [-0.1, -0.05) is 36.8 Å². The first-order valence-corrected chi connectivity index (χ1v) is 6.34. The molecule has 0 spiro atoms. The van der Waals surface area contributed by atoms with Crippen LogP contribution in [0.3, 0.4) is 0 Å². The second kappa shape index (κ2) is 6.02. The molecule has 16 heavy (non-hydrogen) atoms. The van der Waals surface area contributed by atoms with E-state index in [0.717, 1.165) is 6.54 Å². The van der Waals surface area contributed by atoms with Crippen LogP contribution >= 0.6 is 0 Å². The van der Waals surface area contributed by atoms with Gasteiger partial charge in [0.05, 0.1) is 0 Å². The molecule has 0 amide bonds. The molecule has 1 saturated heterocycles. The van der Waals surface area contributed by atoms with E-state index in [1.807, 2.05) is 0 Å². The molecule has 1 aliphatic heterocycles. The first kappa shape index (κ1) is 11.6. The Balaban J connectivity index is 1.94. The van der Waals surface area contributed by atoms with E-state index in [2.05, 4.69) is 47.6 Å². The summed E-state index contributed by atoms with van der Waals surface area (Å²) in [6.07, 6.45) is 4.14. The Morgan fingerprint density at radius 2 is 1.81 bits per heavy atom. The Hall–Kier alpha value is -0.860. The third-order valence-electron chi connectivity index (χ3n) is 3.44. The summed E-state index contributed by atoms with van der Waals surface area (Å²) in [7, 11) is 2.06. The Morgan fingerprint density at radius 1 is 1.12 bits per heavy atom. The van der Waals surface area contributed by atoms with Crippen molar-refractivity contribution in [2.45, 2.75) is 25.3 Å². The largest absolute Gasteiger partial charge is 0.312 e. The number of rotatable bonds is 4. The highest BCUT2D eigenvalue weighted by atomic mass is 15.1. The number of hydrogen-bond donors (Lipinski definition) is 1. The van der Waals surface area contributed by atoms with Crippen molar-refractivity contribution in [3.63, 3.8) is 0 Å². The normalized spacial score (nSPS) is 19.6. The number of nitrogens with zero attached hydrogens (tertiary/aromatic N) is 1. The summed E-state index contributed by atoms with van der Waals surface area (Å²) in [4.78, 5) is 2.58. The summed E-state index contributed by atoms with van der Waals surface area (Å²) in [5.41, 5.74) is 1.40. The van der Waals surface area contributed by atoms with Crippen LogP contribution in [0.25, 0.3) is 0 Å². The fourth-order valence-corrected chi connectivity index (χ4v) is 2.45. The molecular formula is C14H22N2. The minimum Gasteiger partial charge on any atom is -0.312 e. The molecule has 0 bridgehead atoms. The van der Waals surface area contributed by atoms with Crippen molar-refractivity contribution in [3.8, 4) is 0 Å². The predicted octanol–water partition coefficient (Wildman–Crippen LogP) is 2.43. The van der Waals surface area contributed by atoms with Crippen LogP contribution < -0.4 is 5.32 Å². The van der Waals surface area contributed by atoms with Gasteiger partial charge in [-0.25, -0.2) is 0 Å². The van der Waals surface area contributed by atoms with Crippen LogP contribution in [0, 0.1) is 0 Å². The quantitative estimate of drug-likeness (QED) is 0.835. The van der Waals surface area contributed by atoms with Gasteiger partial charge < -0.3 is 10.2 Å². The summed E-state index contributed by atoms with van der Waals surface area (Å²) in [5, 5.41) is 3.42. The van der Waals surface area contributed by atoms with Crippen molar-refractivity contribution in [3.05, 3.63) is 35.9 Å². The van der Waals surface area contributed by atoms with E-state index in [-0.39, 0.29) is 0 Å². The highest BCUT2D eigenvalue weighted by Crippen LogP contribution is 2.16. The number of nitrogens with one attached hydrogen (secondary N) is 1. The molecule has 88 valence electrons.